The van der Waals surface area contributed by atoms with Gasteiger partial charge in [0.2, 0.25) is 11.8 Å². The van der Waals surface area contributed by atoms with E-state index in [0.29, 0.717) is 12.6 Å². The van der Waals surface area contributed by atoms with Crippen LogP contribution >= 0.6 is 0 Å². The zero-order valence-corrected chi connectivity index (χ0v) is 13.5. The molecule has 3 rings (SSSR count). The van der Waals surface area contributed by atoms with Crippen molar-refractivity contribution in [2.45, 2.75) is 57.4 Å². The highest BCUT2D eigenvalue weighted by atomic mass is 16.2. The Bertz CT molecular complexity index is 401. The lowest BCUT2D eigenvalue weighted by molar-refractivity contribution is -0.142. The normalized spacial score (nSPS) is 32.2. The molecule has 2 heterocycles. The summed E-state index contributed by atoms with van der Waals surface area (Å²) in [7, 11) is 0. The Morgan fingerprint density at radius 2 is 1.68 bits per heavy atom. The number of nitrogens with zero attached hydrogens (tertiary/aromatic N) is 1. The van der Waals surface area contributed by atoms with Crippen LogP contribution in [0.5, 0.6) is 0 Å². The fourth-order valence-corrected chi connectivity index (χ4v) is 4.20. The molecule has 2 saturated heterocycles. The molecule has 2 N–H and O–H groups in total. The largest absolute Gasteiger partial charge is 0.354 e. The van der Waals surface area contributed by atoms with Gasteiger partial charge in [-0.05, 0) is 45.1 Å². The second-order valence-corrected chi connectivity index (χ2v) is 7.07. The summed E-state index contributed by atoms with van der Waals surface area (Å²) in [6.07, 6.45) is 8.47. The van der Waals surface area contributed by atoms with Crippen molar-refractivity contribution in [2.75, 3.05) is 26.2 Å². The first-order chi connectivity index (χ1) is 10.8. The van der Waals surface area contributed by atoms with Crippen LogP contribution in [0.1, 0.15) is 51.4 Å². The monoisotopic (exact) mass is 307 g/mol. The zero-order chi connectivity index (χ0) is 15.4. The van der Waals surface area contributed by atoms with Crippen LogP contribution in [0.25, 0.3) is 0 Å². The molecule has 22 heavy (non-hydrogen) atoms. The molecule has 3 fully saturated rings. The molecular weight excluding hydrogens is 278 g/mol. The number of amides is 2. The lowest BCUT2D eigenvalue weighted by Gasteiger charge is -2.32. The average molecular weight is 307 g/mol. The highest BCUT2D eigenvalue weighted by molar-refractivity contribution is 5.88. The van der Waals surface area contributed by atoms with Gasteiger partial charge in [-0.2, -0.15) is 0 Å². The van der Waals surface area contributed by atoms with E-state index >= 15 is 0 Å². The summed E-state index contributed by atoms with van der Waals surface area (Å²) in [5, 5.41) is 6.50. The van der Waals surface area contributed by atoms with Crippen molar-refractivity contribution in [3.05, 3.63) is 0 Å². The number of carbonyl (C=O) groups excluding carboxylic acids is 2. The number of hydrogen-bond acceptors (Lipinski definition) is 3. The van der Waals surface area contributed by atoms with Crippen LogP contribution < -0.4 is 10.6 Å². The minimum absolute atomic E-state index is 0.0802. The van der Waals surface area contributed by atoms with Crippen molar-refractivity contribution in [2.24, 2.45) is 11.8 Å². The van der Waals surface area contributed by atoms with E-state index in [1.54, 1.807) is 0 Å². The standard InChI is InChI=1S/C17H29N3O2/c21-16(19-12-13-6-5-9-18-13)14-7-1-2-8-15(14)17(22)20-10-3-4-11-20/h13-15,18H,1-12H2,(H,19,21). The highest BCUT2D eigenvalue weighted by Gasteiger charge is 2.38. The average Bonchev–Trinajstić information content (AvgIpc) is 3.25. The molecule has 0 aromatic carbocycles. The van der Waals surface area contributed by atoms with Gasteiger partial charge >= 0.3 is 0 Å². The molecule has 1 aliphatic carbocycles. The quantitative estimate of drug-likeness (QED) is 0.822. The maximum Gasteiger partial charge on any atom is 0.226 e. The predicted molar refractivity (Wildman–Crippen MR) is 85.3 cm³/mol. The molecule has 3 atom stereocenters. The number of nitrogens with one attached hydrogen (secondary N) is 2. The Morgan fingerprint density at radius 1 is 0.955 bits per heavy atom. The summed E-state index contributed by atoms with van der Waals surface area (Å²) in [6, 6.07) is 0.417. The number of carbonyl (C=O) groups is 2. The van der Waals surface area contributed by atoms with E-state index in [9.17, 15) is 9.59 Å². The summed E-state index contributed by atoms with van der Waals surface area (Å²) in [4.78, 5) is 27.3. The Kier molecular flexibility index (Phi) is 5.34. The van der Waals surface area contributed by atoms with Crippen LogP contribution in [0.3, 0.4) is 0 Å². The molecular formula is C17H29N3O2. The molecule has 0 bridgehead atoms. The van der Waals surface area contributed by atoms with Gasteiger partial charge in [0.15, 0.2) is 0 Å². The van der Waals surface area contributed by atoms with Gasteiger partial charge in [0, 0.05) is 37.5 Å². The van der Waals surface area contributed by atoms with Gasteiger partial charge in [0.25, 0.3) is 0 Å². The minimum Gasteiger partial charge on any atom is -0.354 e. The van der Waals surface area contributed by atoms with Gasteiger partial charge in [0.05, 0.1) is 0 Å². The predicted octanol–water partition coefficient (Wildman–Crippen LogP) is 1.28. The molecule has 0 aromatic rings. The Hall–Kier alpha value is -1.10. The third-order valence-corrected chi connectivity index (χ3v) is 5.52. The molecule has 124 valence electrons. The molecule has 3 aliphatic rings. The third kappa shape index (κ3) is 3.62. The van der Waals surface area contributed by atoms with E-state index in [4.69, 9.17) is 0 Å². The molecule has 2 amide bonds. The van der Waals surface area contributed by atoms with Crippen molar-refractivity contribution in [3.63, 3.8) is 0 Å². The first kappa shape index (κ1) is 15.8. The molecule has 0 spiro atoms. The van der Waals surface area contributed by atoms with E-state index in [0.717, 1.165) is 64.6 Å². The number of hydrogen-bond donors (Lipinski definition) is 2. The van der Waals surface area contributed by atoms with E-state index < -0.39 is 0 Å². The zero-order valence-electron chi connectivity index (χ0n) is 13.5. The van der Waals surface area contributed by atoms with Crippen molar-refractivity contribution in [1.82, 2.24) is 15.5 Å². The topological polar surface area (TPSA) is 61.4 Å². The Balaban J connectivity index is 1.56. The maximum absolute atomic E-state index is 12.7. The van der Waals surface area contributed by atoms with Gasteiger partial charge in [-0.1, -0.05) is 12.8 Å². The fraction of sp³-hybridized carbons (Fsp3) is 0.882. The molecule has 0 radical (unpaired) electrons. The van der Waals surface area contributed by atoms with Crippen LogP contribution in [-0.2, 0) is 9.59 Å². The summed E-state index contributed by atoms with van der Waals surface area (Å²) >= 11 is 0. The van der Waals surface area contributed by atoms with Crippen molar-refractivity contribution in [1.29, 1.82) is 0 Å². The summed E-state index contributed by atoms with van der Waals surface area (Å²) in [5.74, 6) is 0.147. The summed E-state index contributed by atoms with van der Waals surface area (Å²) < 4.78 is 0. The van der Waals surface area contributed by atoms with Gasteiger partial charge < -0.3 is 15.5 Å². The second-order valence-electron chi connectivity index (χ2n) is 7.07. The van der Waals surface area contributed by atoms with Crippen LogP contribution in [0.2, 0.25) is 0 Å². The fourth-order valence-electron chi connectivity index (χ4n) is 4.20. The van der Waals surface area contributed by atoms with E-state index in [-0.39, 0.29) is 23.7 Å². The lowest BCUT2D eigenvalue weighted by Crippen LogP contribution is -2.46. The van der Waals surface area contributed by atoms with Crippen molar-refractivity contribution in [3.8, 4) is 0 Å². The Labute approximate surface area is 133 Å². The van der Waals surface area contributed by atoms with E-state index in [1.165, 1.54) is 6.42 Å². The molecule has 0 aromatic heterocycles. The third-order valence-electron chi connectivity index (χ3n) is 5.52. The van der Waals surface area contributed by atoms with Gasteiger partial charge in [-0.3, -0.25) is 9.59 Å². The smallest absolute Gasteiger partial charge is 0.226 e. The highest BCUT2D eigenvalue weighted by Crippen LogP contribution is 2.32. The van der Waals surface area contributed by atoms with Crippen molar-refractivity contribution >= 4 is 11.8 Å². The van der Waals surface area contributed by atoms with Gasteiger partial charge in [-0.15, -0.1) is 0 Å². The van der Waals surface area contributed by atoms with Crippen LogP contribution in [0.15, 0.2) is 0 Å². The minimum atomic E-state index is -0.108. The Morgan fingerprint density at radius 3 is 2.36 bits per heavy atom. The second kappa shape index (κ2) is 7.44. The van der Waals surface area contributed by atoms with Crippen LogP contribution in [-0.4, -0.2) is 48.9 Å². The molecule has 5 nitrogen and oxygen atoms in total. The van der Waals surface area contributed by atoms with E-state index in [2.05, 4.69) is 10.6 Å². The van der Waals surface area contributed by atoms with E-state index in [1.807, 2.05) is 4.90 Å². The summed E-state index contributed by atoms with van der Waals surface area (Å²) in [6.45, 7) is 3.53. The molecule has 5 heteroatoms. The van der Waals surface area contributed by atoms with Gasteiger partial charge in [-0.25, -0.2) is 0 Å². The number of likely N-dealkylation sites (tertiary alicyclic amines) is 1. The lowest BCUT2D eigenvalue weighted by atomic mass is 9.78. The van der Waals surface area contributed by atoms with Crippen molar-refractivity contribution < 1.29 is 9.59 Å². The summed E-state index contributed by atoms with van der Waals surface area (Å²) in [5.41, 5.74) is 0. The molecule has 1 saturated carbocycles. The molecule has 3 unspecified atom stereocenters. The SMILES string of the molecule is O=C(NCC1CCCN1)C1CCCCC1C(=O)N1CCCC1. The first-order valence-electron chi connectivity index (χ1n) is 9.05. The van der Waals surface area contributed by atoms with Gasteiger partial charge in [0.1, 0.15) is 0 Å². The number of rotatable bonds is 4. The van der Waals surface area contributed by atoms with Crippen LogP contribution in [0, 0.1) is 11.8 Å². The maximum atomic E-state index is 12.7. The van der Waals surface area contributed by atoms with Crippen LogP contribution in [0.4, 0.5) is 0 Å². The first-order valence-corrected chi connectivity index (χ1v) is 9.05. The molecule has 2 aliphatic heterocycles.